The lowest BCUT2D eigenvalue weighted by Crippen LogP contribution is -2.80. The molecule has 2 unspecified atom stereocenters. The summed E-state index contributed by atoms with van der Waals surface area (Å²) in [4.78, 5) is 39.5. The molecule has 0 fully saturated rings. The Morgan fingerprint density at radius 1 is 1.03 bits per heavy atom. The predicted octanol–water partition coefficient (Wildman–Crippen LogP) is 6.05. The summed E-state index contributed by atoms with van der Waals surface area (Å²) >= 11 is 9.09. The standard InChI is InChI=1S/C25H39ClFN5O6S/c1-22(2,3)25(26)31(23(4,5)6)17(28-12-10-15-11-13-39-14-15)16(27)18(32(25)24(7,8)9)29(19(33)34)30(20(35)36)21(37)38/h11,13-14,18,28H,10,12H2,1-9H3,(H,33,34)(H,35,36)(H,37,38). The Morgan fingerprint density at radius 2 is 1.56 bits per heavy atom. The summed E-state index contributed by atoms with van der Waals surface area (Å²) in [5, 5.41) is 34.2. The minimum absolute atomic E-state index is 0.0469. The molecule has 2 rings (SSSR count). The summed E-state index contributed by atoms with van der Waals surface area (Å²) in [6.45, 7) is 16.1. The number of hydrazine groups is 1. The Kier molecular flexibility index (Phi) is 9.16. The lowest BCUT2D eigenvalue weighted by molar-refractivity contribution is -0.199. The van der Waals surface area contributed by atoms with Crippen LogP contribution in [0.15, 0.2) is 28.5 Å². The topological polar surface area (TPSA) is 137 Å². The van der Waals surface area contributed by atoms with Gasteiger partial charge >= 0.3 is 18.3 Å². The molecule has 0 saturated heterocycles. The van der Waals surface area contributed by atoms with E-state index in [1.54, 1.807) is 46.4 Å². The molecular formula is C25H39ClFN5O6S. The molecule has 0 saturated carbocycles. The van der Waals surface area contributed by atoms with Crippen molar-refractivity contribution in [3.63, 3.8) is 0 Å². The lowest BCUT2D eigenvalue weighted by Gasteiger charge is -2.66. The first-order valence-electron chi connectivity index (χ1n) is 12.3. The van der Waals surface area contributed by atoms with Gasteiger partial charge in [0.2, 0.25) is 0 Å². The third-order valence-corrected chi connectivity index (χ3v) is 7.83. The third kappa shape index (κ3) is 6.20. The fourth-order valence-electron chi connectivity index (χ4n) is 4.75. The second-order valence-electron chi connectivity index (χ2n) is 12.3. The van der Waals surface area contributed by atoms with E-state index >= 15 is 4.39 Å². The van der Waals surface area contributed by atoms with Gasteiger partial charge in [-0.2, -0.15) is 16.3 Å². The zero-order valence-electron chi connectivity index (χ0n) is 23.7. The summed E-state index contributed by atoms with van der Waals surface area (Å²) in [5.41, 5.74) is -1.89. The Hall–Kier alpha value is -2.77. The number of thiophene rings is 1. The van der Waals surface area contributed by atoms with Crippen LogP contribution >= 0.6 is 22.9 Å². The maximum Gasteiger partial charge on any atom is 0.436 e. The molecule has 11 nitrogen and oxygen atoms in total. The number of hydrogen-bond donors (Lipinski definition) is 4. The number of nitrogens with zero attached hydrogens (tertiary/aromatic N) is 4. The molecular weight excluding hydrogens is 553 g/mol. The Labute approximate surface area is 237 Å². The van der Waals surface area contributed by atoms with Gasteiger partial charge in [-0.3, -0.25) is 0 Å². The average molecular weight is 592 g/mol. The summed E-state index contributed by atoms with van der Waals surface area (Å²) in [6.07, 6.45) is -7.78. The first-order valence-corrected chi connectivity index (χ1v) is 13.6. The maximum absolute atomic E-state index is 16.9. The van der Waals surface area contributed by atoms with E-state index in [2.05, 4.69) is 5.32 Å². The van der Waals surface area contributed by atoms with Gasteiger partial charge in [-0.25, -0.2) is 23.7 Å². The molecule has 0 spiro atoms. The van der Waals surface area contributed by atoms with Gasteiger partial charge in [0.25, 0.3) is 0 Å². The smallest absolute Gasteiger partial charge is 0.436 e. The van der Waals surface area contributed by atoms with Gasteiger partial charge in [0, 0.05) is 23.0 Å². The third-order valence-electron chi connectivity index (χ3n) is 6.18. The molecule has 1 aromatic heterocycles. The minimum Gasteiger partial charge on any atom is -0.464 e. The number of amides is 3. The lowest BCUT2D eigenvalue weighted by atomic mass is 9.82. The molecule has 0 aromatic carbocycles. The fourth-order valence-corrected chi connectivity index (χ4v) is 6.14. The normalized spacial score (nSPS) is 21.1. The molecule has 220 valence electrons. The van der Waals surface area contributed by atoms with Crippen LogP contribution in [0.2, 0.25) is 0 Å². The Bertz CT molecular complexity index is 1100. The molecule has 1 aliphatic rings. The largest absolute Gasteiger partial charge is 0.464 e. The monoisotopic (exact) mass is 591 g/mol. The summed E-state index contributed by atoms with van der Waals surface area (Å²) < 4.78 is 16.9. The predicted molar refractivity (Wildman–Crippen MR) is 147 cm³/mol. The van der Waals surface area contributed by atoms with Crippen molar-refractivity contribution in [2.75, 3.05) is 6.54 Å². The number of imide groups is 1. The quantitative estimate of drug-likeness (QED) is 0.183. The van der Waals surface area contributed by atoms with E-state index in [0.29, 0.717) is 6.42 Å². The number of hydrogen-bond acceptors (Lipinski definition) is 7. The number of alkyl halides is 1. The van der Waals surface area contributed by atoms with Crippen molar-refractivity contribution in [3.05, 3.63) is 34.0 Å². The second-order valence-corrected chi connectivity index (χ2v) is 13.6. The molecule has 0 radical (unpaired) electrons. The van der Waals surface area contributed by atoms with Crippen molar-refractivity contribution in [2.24, 2.45) is 5.41 Å². The van der Waals surface area contributed by atoms with Crippen molar-refractivity contribution in [1.82, 2.24) is 25.1 Å². The highest BCUT2D eigenvalue weighted by atomic mass is 35.5. The van der Waals surface area contributed by atoms with Crippen molar-refractivity contribution >= 4 is 41.2 Å². The zero-order valence-corrected chi connectivity index (χ0v) is 25.3. The van der Waals surface area contributed by atoms with Gasteiger partial charge in [-0.05, 0) is 70.4 Å². The van der Waals surface area contributed by atoms with E-state index in [9.17, 15) is 29.7 Å². The van der Waals surface area contributed by atoms with Crippen molar-refractivity contribution in [1.29, 1.82) is 0 Å². The summed E-state index contributed by atoms with van der Waals surface area (Å²) in [7, 11) is 0. The van der Waals surface area contributed by atoms with Gasteiger partial charge in [0.15, 0.2) is 17.1 Å². The van der Waals surface area contributed by atoms with E-state index in [1.165, 1.54) is 16.2 Å². The SMILES string of the molecule is CC(C)(C)N1C(NCCc2ccsc2)=C(F)C(N(C(=O)O)N(C(=O)O)C(=O)O)N(C(C)(C)C)C1(Cl)C(C)(C)C. The Morgan fingerprint density at radius 3 is 1.92 bits per heavy atom. The van der Waals surface area contributed by atoms with E-state index in [0.717, 1.165) is 5.56 Å². The van der Waals surface area contributed by atoms with Crippen molar-refractivity contribution < 1.29 is 34.1 Å². The van der Waals surface area contributed by atoms with Crippen LogP contribution in [0, 0.1) is 5.41 Å². The summed E-state index contributed by atoms with van der Waals surface area (Å²) in [6, 6.07) is 1.92. The second kappa shape index (κ2) is 11.0. The number of rotatable bonds is 5. The summed E-state index contributed by atoms with van der Waals surface area (Å²) in [5.74, 6) is -1.25. The number of carbonyl (C=O) groups is 3. The van der Waals surface area contributed by atoms with Crippen LogP contribution < -0.4 is 5.32 Å². The van der Waals surface area contributed by atoms with E-state index in [1.807, 2.05) is 37.6 Å². The molecule has 1 aromatic rings. The molecule has 39 heavy (non-hydrogen) atoms. The molecule has 0 bridgehead atoms. The van der Waals surface area contributed by atoms with Gasteiger partial charge in [0.05, 0.1) is 0 Å². The van der Waals surface area contributed by atoms with Crippen molar-refractivity contribution in [3.8, 4) is 0 Å². The molecule has 0 aliphatic carbocycles. The average Bonchev–Trinajstić information content (AvgIpc) is 3.24. The first-order chi connectivity index (χ1) is 17.6. The van der Waals surface area contributed by atoms with Crippen LogP contribution in [0.25, 0.3) is 0 Å². The van der Waals surface area contributed by atoms with Crippen LogP contribution in [-0.4, -0.2) is 82.3 Å². The minimum atomic E-state index is -2.12. The molecule has 3 amide bonds. The fraction of sp³-hybridized carbons (Fsp3) is 0.640. The van der Waals surface area contributed by atoms with Crippen molar-refractivity contribution in [2.45, 2.75) is 91.1 Å². The van der Waals surface area contributed by atoms with Crippen LogP contribution in [0.3, 0.4) is 0 Å². The van der Waals surface area contributed by atoms with Crippen LogP contribution in [0.4, 0.5) is 18.8 Å². The highest BCUT2D eigenvalue weighted by Crippen LogP contribution is 2.55. The molecule has 2 atom stereocenters. The molecule has 14 heteroatoms. The van der Waals surface area contributed by atoms with Crippen LogP contribution in [0.1, 0.15) is 67.9 Å². The Balaban J connectivity index is 2.99. The highest BCUT2D eigenvalue weighted by Gasteiger charge is 2.65. The number of carboxylic acid groups (broad SMARTS) is 3. The first kappa shape index (κ1) is 32.4. The molecule has 4 N–H and O–H groups in total. The number of nitrogens with one attached hydrogen (secondary N) is 1. The van der Waals surface area contributed by atoms with Gasteiger partial charge in [-0.15, -0.1) is 5.01 Å². The van der Waals surface area contributed by atoms with E-state index in [-0.39, 0.29) is 17.4 Å². The maximum atomic E-state index is 16.9. The van der Waals surface area contributed by atoms with Gasteiger partial charge in [0.1, 0.15) is 5.82 Å². The van der Waals surface area contributed by atoms with Gasteiger partial charge in [-0.1, -0.05) is 32.4 Å². The van der Waals surface area contributed by atoms with Crippen LogP contribution in [0.5, 0.6) is 0 Å². The van der Waals surface area contributed by atoms with Crippen LogP contribution in [-0.2, 0) is 6.42 Å². The zero-order chi connectivity index (χ0) is 30.3. The van der Waals surface area contributed by atoms with E-state index in [4.69, 9.17) is 11.6 Å². The van der Waals surface area contributed by atoms with Gasteiger partial charge < -0.3 is 25.5 Å². The highest BCUT2D eigenvalue weighted by molar-refractivity contribution is 7.07. The molecule has 1 aliphatic heterocycles. The van der Waals surface area contributed by atoms with E-state index < -0.39 is 56.9 Å². The molecule has 2 heterocycles. The number of halogens is 2.